The van der Waals surface area contributed by atoms with E-state index in [1.165, 1.54) is 6.08 Å². The molecule has 2 aromatic carbocycles. The molecular formula is C19H14BrIN2O4. The van der Waals surface area contributed by atoms with Crippen LogP contribution in [-0.2, 0) is 9.59 Å². The quantitative estimate of drug-likeness (QED) is 0.322. The molecule has 138 valence electrons. The highest BCUT2D eigenvalue weighted by atomic mass is 127. The number of aryl methyl sites for hydroxylation is 1. The molecule has 0 spiro atoms. The van der Waals surface area contributed by atoms with E-state index in [9.17, 15) is 14.9 Å². The van der Waals surface area contributed by atoms with Gasteiger partial charge in [0.25, 0.3) is 5.91 Å². The predicted molar refractivity (Wildman–Crippen MR) is 113 cm³/mol. The number of nitrogens with one attached hydrogen (secondary N) is 1. The van der Waals surface area contributed by atoms with Crippen LogP contribution < -0.4 is 10.1 Å². The van der Waals surface area contributed by atoms with Gasteiger partial charge in [-0.15, -0.1) is 0 Å². The van der Waals surface area contributed by atoms with Crippen molar-refractivity contribution in [2.45, 2.75) is 6.92 Å². The monoisotopic (exact) mass is 540 g/mol. The lowest BCUT2D eigenvalue weighted by Crippen LogP contribution is -2.13. The summed E-state index contributed by atoms with van der Waals surface area (Å²) in [6, 6.07) is 12.5. The van der Waals surface area contributed by atoms with Gasteiger partial charge in [0.15, 0.2) is 6.61 Å². The van der Waals surface area contributed by atoms with E-state index in [1.54, 1.807) is 24.3 Å². The molecule has 0 fully saturated rings. The number of nitriles is 1. The summed E-state index contributed by atoms with van der Waals surface area (Å²) in [5.41, 5.74) is 2.20. The van der Waals surface area contributed by atoms with Crippen LogP contribution in [0.2, 0.25) is 0 Å². The maximum atomic E-state index is 12.3. The third-order valence-electron chi connectivity index (χ3n) is 3.35. The van der Waals surface area contributed by atoms with Crippen molar-refractivity contribution < 1.29 is 19.4 Å². The molecule has 0 unspecified atom stereocenters. The van der Waals surface area contributed by atoms with Gasteiger partial charge in [-0.2, -0.15) is 5.26 Å². The first kappa shape index (κ1) is 20.9. The molecule has 6 nitrogen and oxygen atoms in total. The second-order valence-electron chi connectivity index (χ2n) is 5.49. The number of amides is 1. The summed E-state index contributed by atoms with van der Waals surface area (Å²) in [5.74, 6) is -1.21. The summed E-state index contributed by atoms with van der Waals surface area (Å²) >= 11 is 5.32. The van der Waals surface area contributed by atoms with Gasteiger partial charge in [0.05, 0.1) is 8.04 Å². The molecule has 0 heterocycles. The fraction of sp³-hybridized carbons (Fsp3) is 0.105. The van der Waals surface area contributed by atoms with Crippen LogP contribution in [0.15, 0.2) is 46.4 Å². The van der Waals surface area contributed by atoms with Crippen LogP contribution in [0.25, 0.3) is 6.08 Å². The standard InChI is InChI=1S/C19H14BrIN2O4/c1-11-2-4-14(5-3-11)23-19(26)13(9-22)6-12-7-15(20)18(16(21)8-12)27-10-17(24)25/h2-8H,10H2,1H3,(H,23,26)(H,24,25)/b13-6+. The number of anilines is 1. The highest BCUT2D eigenvalue weighted by molar-refractivity contribution is 14.1. The molecule has 0 saturated heterocycles. The predicted octanol–water partition coefficient (Wildman–Crippen LogP) is 4.37. The number of hydrogen-bond donors (Lipinski definition) is 2. The molecule has 1 amide bonds. The number of aliphatic carboxylic acids is 1. The second-order valence-corrected chi connectivity index (χ2v) is 7.50. The zero-order chi connectivity index (χ0) is 20.0. The minimum Gasteiger partial charge on any atom is -0.480 e. The molecule has 0 saturated carbocycles. The summed E-state index contributed by atoms with van der Waals surface area (Å²) in [5, 5.41) is 20.7. The lowest BCUT2D eigenvalue weighted by Gasteiger charge is -2.10. The zero-order valence-corrected chi connectivity index (χ0v) is 17.9. The van der Waals surface area contributed by atoms with Crippen molar-refractivity contribution in [1.82, 2.24) is 0 Å². The molecule has 2 N–H and O–H groups in total. The Bertz CT molecular complexity index is 926. The van der Waals surface area contributed by atoms with Gasteiger partial charge in [0.1, 0.15) is 17.4 Å². The van der Waals surface area contributed by atoms with E-state index in [1.807, 2.05) is 47.7 Å². The highest BCUT2D eigenvalue weighted by Crippen LogP contribution is 2.32. The van der Waals surface area contributed by atoms with E-state index in [4.69, 9.17) is 9.84 Å². The first-order valence-corrected chi connectivity index (χ1v) is 9.50. The van der Waals surface area contributed by atoms with Gasteiger partial charge in [-0.25, -0.2) is 4.79 Å². The molecule has 0 aromatic heterocycles. The largest absolute Gasteiger partial charge is 0.480 e. The second kappa shape index (κ2) is 9.53. The molecule has 2 aromatic rings. The Hall–Kier alpha value is -2.38. The van der Waals surface area contributed by atoms with Crippen LogP contribution in [0.5, 0.6) is 5.75 Å². The number of carbonyl (C=O) groups is 2. The van der Waals surface area contributed by atoms with E-state index in [-0.39, 0.29) is 5.57 Å². The maximum absolute atomic E-state index is 12.3. The SMILES string of the molecule is Cc1ccc(NC(=O)/C(C#N)=C/c2cc(Br)c(OCC(=O)O)c(I)c2)cc1. The number of halogens is 2. The number of carboxylic acids is 1. The van der Waals surface area contributed by atoms with Gasteiger partial charge in [-0.1, -0.05) is 17.7 Å². The minimum absolute atomic E-state index is 0.0579. The maximum Gasteiger partial charge on any atom is 0.341 e. The fourth-order valence-electron chi connectivity index (χ4n) is 2.09. The van der Waals surface area contributed by atoms with Crippen molar-refractivity contribution in [3.63, 3.8) is 0 Å². The van der Waals surface area contributed by atoms with Crippen LogP contribution >= 0.6 is 38.5 Å². The Morgan fingerprint density at radius 2 is 2.00 bits per heavy atom. The molecule has 2 rings (SSSR count). The van der Waals surface area contributed by atoms with E-state index in [0.717, 1.165) is 5.56 Å². The lowest BCUT2D eigenvalue weighted by molar-refractivity contribution is -0.139. The number of rotatable bonds is 6. The topological polar surface area (TPSA) is 99.4 Å². The van der Waals surface area contributed by atoms with Crippen LogP contribution in [0.4, 0.5) is 5.69 Å². The highest BCUT2D eigenvalue weighted by Gasteiger charge is 2.13. The third kappa shape index (κ3) is 6.08. The zero-order valence-electron chi connectivity index (χ0n) is 14.1. The Morgan fingerprint density at radius 3 is 2.56 bits per heavy atom. The average Bonchev–Trinajstić information content (AvgIpc) is 2.60. The third-order valence-corrected chi connectivity index (χ3v) is 4.74. The summed E-state index contributed by atoms with van der Waals surface area (Å²) in [6.45, 7) is 1.47. The first-order valence-electron chi connectivity index (χ1n) is 7.63. The molecule has 0 atom stereocenters. The minimum atomic E-state index is -1.08. The average molecular weight is 541 g/mol. The normalized spacial score (nSPS) is 10.8. The van der Waals surface area contributed by atoms with Crippen molar-refractivity contribution in [1.29, 1.82) is 5.26 Å². The van der Waals surface area contributed by atoms with Crippen LogP contribution in [0, 0.1) is 21.8 Å². The number of carboxylic acid groups (broad SMARTS) is 1. The van der Waals surface area contributed by atoms with Crippen molar-refractivity contribution >= 4 is 62.2 Å². The summed E-state index contributed by atoms with van der Waals surface area (Å²) in [7, 11) is 0. The molecule has 8 heteroatoms. The summed E-state index contributed by atoms with van der Waals surface area (Å²) < 4.78 is 6.40. The Labute approximate surface area is 178 Å². The smallest absolute Gasteiger partial charge is 0.341 e. The number of nitrogens with zero attached hydrogens (tertiary/aromatic N) is 1. The van der Waals surface area contributed by atoms with E-state index in [0.29, 0.717) is 25.0 Å². The Balaban J connectivity index is 2.23. The number of carbonyl (C=O) groups excluding carboxylic acids is 1. The van der Waals surface area contributed by atoms with E-state index in [2.05, 4.69) is 21.2 Å². The molecular weight excluding hydrogens is 527 g/mol. The van der Waals surface area contributed by atoms with Crippen molar-refractivity contribution in [3.05, 3.63) is 61.1 Å². The van der Waals surface area contributed by atoms with Crippen molar-refractivity contribution in [2.75, 3.05) is 11.9 Å². The van der Waals surface area contributed by atoms with E-state index < -0.39 is 18.5 Å². The molecule has 0 aliphatic carbocycles. The van der Waals surface area contributed by atoms with Crippen LogP contribution in [-0.4, -0.2) is 23.6 Å². The number of hydrogen-bond acceptors (Lipinski definition) is 4. The molecule has 0 aliphatic rings. The lowest BCUT2D eigenvalue weighted by atomic mass is 10.1. The van der Waals surface area contributed by atoms with Gasteiger partial charge in [0.2, 0.25) is 0 Å². The molecule has 27 heavy (non-hydrogen) atoms. The first-order chi connectivity index (χ1) is 12.8. The summed E-state index contributed by atoms with van der Waals surface area (Å²) in [4.78, 5) is 23.0. The van der Waals surface area contributed by atoms with Gasteiger partial charge in [-0.3, -0.25) is 4.79 Å². The molecule has 0 aliphatic heterocycles. The van der Waals surface area contributed by atoms with Crippen molar-refractivity contribution in [2.24, 2.45) is 0 Å². The van der Waals surface area contributed by atoms with Crippen molar-refractivity contribution in [3.8, 4) is 11.8 Å². The van der Waals surface area contributed by atoms with Gasteiger partial charge >= 0.3 is 5.97 Å². The Kier molecular flexibility index (Phi) is 7.38. The van der Waals surface area contributed by atoms with Gasteiger partial charge in [0, 0.05) is 5.69 Å². The molecule has 0 bridgehead atoms. The van der Waals surface area contributed by atoms with E-state index >= 15 is 0 Å². The van der Waals surface area contributed by atoms with Crippen LogP contribution in [0.1, 0.15) is 11.1 Å². The van der Waals surface area contributed by atoms with Crippen LogP contribution in [0.3, 0.4) is 0 Å². The van der Waals surface area contributed by atoms with Gasteiger partial charge < -0.3 is 15.2 Å². The fourth-order valence-corrected chi connectivity index (χ4v) is 3.85. The Morgan fingerprint density at radius 1 is 1.33 bits per heavy atom. The summed E-state index contributed by atoms with van der Waals surface area (Å²) in [6.07, 6.45) is 1.46. The molecule has 0 radical (unpaired) electrons. The number of benzene rings is 2. The number of ether oxygens (including phenoxy) is 1. The van der Waals surface area contributed by atoms with Gasteiger partial charge in [-0.05, 0) is 81.3 Å².